The van der Waals surface area contributed by atoms with E-state index in [4.69, 9.17) is 9.15 Å². The van der Waals surface area contributed by atoms with Gasteiger partial charge in [-0.15, -0.1) is 0 Å². The number of carboxylic acids is 1. The number of ether oxygens (including phenoxy) is 1. The fourth-order valence-electron chi connectivity index (χ4n) is 3.09. The van der Waals surface area contributed by atoms with Gasteiger partial charge in [0.25, 0.3) is 5.69 Å². The Bertz CT molecular complexity index is 1350. The molecule has 0 spiro atoms. The van der Waals surface area contributed by atoms with E-state index in [1.807, 2.05) is 0 Å². The fraction of sp³-hybridized carbons (Fsp3) is 0.100. The van der Waals surface area contributed by atoms with Gasteiger partial charge in [-0.25, -0.2) is 9.18 Å². The number of nitrogens with zero attached hydrogens (tertiary/aromatic N) is 5. The number of rotatable bonds is 7. The molecule has 34 heavy (non-hydrogen) atoms. The summed E-state index contributed by atoms with van der Waals surface area (Å²) in [6.07, 6.45) is 1.08. The predicted molar refractivity (Wildman–Crippen MR) is 111 cm³/mol. The molecule has 0 saturated heterocycles. The number of nitro groups is 2. The zero-order chi connectivity index (χ0) is 24.4. The van der Waals surface area contributed by atoms with Gasteiger partial charge in [0, 0.05) is 23.8 Å². The number of carboxylic acid groups (broad SMARTS) is 1. The maximum Gasteiger partial charge on any atom is 0.433 e. The molecule has 172 valence electrons. The van der Waals surface area contributed by atoms with Crippen molar-refractivity contribution < 1.29 is 33.3 Å². The highest BCUT2D eigenvalue weighted by atomic mass is 19.1. The second kappa shape index (κ2) is 8.85. The second-order valence-corrected chi connectivity index (χ2v) is 6.85. The lowest BCUT2D eigenvalue weighted by molar-refractivity contribution is -0.402. The molecule has 2 heterocycles. The predicted octanol–water partition coefficient (Wildman–Crippen LogP) is 4.74. The van der Waals surface area contributed by atoms with E-state index < -0.39 is 39.6 Å². The van der Waals surface area contributed by atoms with E-state index >= 15 is 0 Å². The van der Waals surface area contributed by atoms with Crippen molar-refractivity contribution in [2.24, 2.45) is 15.2 Å². The van der Waals surface area contributed by atoms with Crippen molar-refractivity contribution in [3.63, 3.8) is 0 Å². The summed E-state index contributed by atoms with van der Waals surface area (Å²) in [4.78, 5) is 35.9. The maximum absolute atomic E-state index is 14.8. The summed E-state index contributed by atoms with van der Waals surface area (Å²) in [5, 5.41) is 38.5. The highest BCUT2D eigenvalue weighted by molar-refractivity contribution is 5.80. The van der Waals surface area contributed by atoms with Crippen molar-refractivity contribution in [2.75, 3.05) is 0 Å². The molecule has 13 nitrogen and oxygen atoms in total. The standard InChI is InChI=1S/C20H12FN5O8/c21-14-7-13-15(8-16(14)33-11-3-1-10(2-4-11)25(29)30)23-24-19(20(27)28)18(13)22-9-12-5-6-17(34-12)26(31)32/h1-9,18-19H,(H,27,28). The Balaban J connectivity index is 1.65. The minimum absolute atomic E-state index is 0.0153. The maximum atomic E-state index is 14.8. The van der Waals surface area contributed by atoms with Gasteiger partial charge in [0.2, 0.25) is 0 Å². The molecule has 2 unspecified atom stereocenters. The number of azo groups is 1. The monoisotopic (exact) mass is 469 g/mol. The van der Waals surface area contributed by atoms with Crippen LogP contribution in [-0.2, 0) is 4.79 Å². The normalized spacial score (nSPS) is 16.9. The van der Waals surface area contributed by atoms with Crippen LogP contribution in [0.25, 0.3) is 0 Å². The molecule has 1 aromatic heterocycles. The molecule has 14 heteroatoms. The summed E-state index contributed by atoms with van der Waals surface area (Å²) >= 11 is 0. The summed E-state index contributed by atoms with van der Waals surface area (Å²) in [6, 6.07) is 6.82. The van der Waals surface area contributed by atoms with Crippen molar-refractivity contribution in [1.82, 2.24) is 0 Å². The highest BCUT2D eigenvalue weighted by Gasteiger charge is 2.35. The highest BCUT2D eigenvalue weighted by Crippen LogP contribution is 2.41. The van der Waals surface area contributed by atoms with Gasteiger partial charge >= 0.3 is 11.9 Å². The number of benzene rings is 2. The average Bonchev–Trinajstić information content (AvgIpc) is 3.28. The van der Waals surface area contributed by atoms with Crippen LogP contribution in [0.15, 0.2) is 68.2 Å². The van der Waals surface area contributed by atoms with Crippen molar-refractivity contribution in [3.05, 3.63) is 85.9 Å². The van der Waals surface area contributed by atoms with Crippen LogP contribution < -0.4 is 4.74 Å². The number of nitro benzene ring substituents is 1. The number of furan rings is 1. The number of hydrogen-bond acceptors (Lipinski definition) is 10. The fourth-order valence-corrected chi connectivity index (χ4v) is 3.09. The molecule has 1 aliphatic rings. The minimum Gasteiger partial charge on any atom is -0.480 e. The smallest absolute Gasteiger partial charge is 0.433 e. The Kier molecular flexibility index (Phi) is 5.78. The summed E-state index contributed by atoms with van der Waals surface area (Å²) in [7, 11) is 0. The molecule has 2 aromatic carbocycles. The van der Waals surface area contributed by atoms with Crippen LogP contribution >= 0.6 is 0 Å². The van der Waals surface area contributed by atoms with Crippen LogP contribution in [0.2, 0.25) is 0 Å². The first-order valence-electron chi connectivity index (χ1n) is 9.40. The zero-order valence-electron chi connectivity index (χ0n) is 16.8. The minimum atomic E-state index is -1.48. The van der Waals surface area contributed by atoms with Crippen LogP contribution in [0.3, 0.4) is 0 Å². The van der Waals surface area contributed by atoms with Gasteiger partial charge in [-0.1, -0.05) is 0 Å². The van der Waals surface area contributed by atoms with E-state index in [-0.39, 0.29) is 34.2 Å². The molecule has 0 bridgehead atoms. The topological polar surface area (TPSA) is 183 Å². The van der Waals surface area contributed by atoms with Gasteiger partial charge in [-0.05, 0) is 24.3 Å². The van der Waals surface area contributed by atoms with E-state index in [1.54, 1.807) is 0 Å². The second-order valence-electron chi connectivity index (χ2n) is 6.85. The molecular weight excluding hydrogens is 457 g/mol. The summed E-state index contributed by atoms with van der Waals surface area (Å²) in [5.74, 6) is -2.93. The third kappa shape index (κ3) is 4.45. The third-order valence-corrected chi connectivity index (χ3v) is 4.67. The largest absolute Gasteiger partial charge is 0.480 e. The summed E-state index contributed by atoms with van der Waals surface area (Å²) < 4.78 is 25.2. The van der Waals surface area contributed by atoms with Crippen molar-refractivity contribution in [1.29, 1.82) is 0 Å². The number of aliphatic imine (C=N–C) groups is 1. The van der Waals surface area contributed by atoms with Crippen LogP contribution in [0, 0.1) is 26.0 Å². The van der Waals surface area contributed by atoms with Crippen LogP contribution in [0.5, 0.6) is 11.5 Å². The Hall–Kier alpha value is -5.01. The first kappa shape index (κ1) is 22.2. The van der Waals surface area contributed by atoms with Crippen molar-refractivity contribution >= 4 is 29.4 Å². The Morgan fingerprint density at radius 1 is 1.15 bits per heavy atom. The van der Waals surface area contributed by atoms with Gasteiger partial charge in [0.05, 0.1) is 22.9 Å². The molecule has 0 aliphatic carbocycles. The van der Waals surface area contributed by atoms with E-state index in [9.17, 15) is 34.5 Å². The first-order valence-corrected chi connectivity index (χ1v) is 9.40. The van der Waals surface area contributed by atoms with Crippen molar-refractivity contribution in [2.45, 2.75) is 12.1 Å². The number of carbonyl (C=O) groups is 1. The number of fused-ring (bicyclic) bond motifs is 1. The Labute approximate surface area is 188 Å². The van der Waals surface area contributed by atoms with Gasteiger partial charge < -0.3 is 14.3 Å². The number of non-ortho nitro benzene ring substituents is 1. The number of hydrogen-bond donors (Lipinski definition) is 1. The Morgan fingerprint density at radius 3 is 2.50 bits per heavy atom. The zero-order valence-corrected chi connectivity index (χ0v) is 16.8. The molecule has 1 N–H and O–H groups in total. The lowest BCUT2D eigenvalue weighted by Crippen LogP contribution is -2.27. The first-order chi connectivity index (χ1) is 16.2. The molecule has 0 amide bonds. The van der Waals surface area contributed by atoms with E-state index in [0.717, 1.165) is 18.3 Å². The molecule has 0 radical (unpaired) electrons. The van der Waals surface area contributed by atoms with E-state index in [1.165, 1.54) is 36.4 Å². The Morgan fingerprint density at radius 2 is 1.88 bits per heavy atom. The average molecular weight is 469 g/mol. The van der Waals surface area contributed by atoms with E-state index in [2.05, 4.69) is 15.2 Å². The number of halogens is 1. The van der Waals surface area contributed by atoms with Gasteiger partial charge in [-0.2, -0.15) is 10.2 Å². The molecule has 0 saturated carbocycles. The van der Waals surface area contributed by atoms with Gasteiger partial charge in [0.15, 0.2) is 23.4 Å². The molecule has 3 aromatic rings. The van der Waals surface area contributed by atoms with Crippen molar-refractivity contribution in [3.8, 4) is 11.5 Å². The molecule has 0 fully saturated rings. The van der Waals surface area contributed by atoms with Crippen LogP contribution in [0.1, 0.15) is 17.4 Å². The van der Waals surface area contributed by atoms with Crippen LogP contribution in [-0.4, -0.2) is 33.2 Å². The van der Waals surface area contributed by atoms with Gasteiger partial charge in [-0.3, -0.25) is 25.2 Å². The summed E-state index contributed by atoms with van der Waals surface area (Å²) in [6.45, 7) is 0. The van der Waals surface area contributed by atoms with E-state index in [0.29, 0.717) is 0 Å². The van der Waals surface area contributed by atoms with Crippen LogP contribution in [0.4, 0.5) is 21.6 Å². The molecule has 1 aliphatic heterocycles. The lowest BCUT2D eigenvalue weighted by Gasteiger charge is -2.22. The SMILES string of the molecule is O=C(O)C1N=Nc2cc(Oc3ccc([N+](=O)[O-])cc3)c(F)cc2C1N=Cc1ccc([N+](=O)[O-])o1. The molecular formula is C20H12FN5O8. The lowest BCUT2D eigenvalue weighted by atomic mass is 9.97. The van der Waals surface area contributed by atoms with Gasteiger partial charge in [0.1, 0.15) is 16.7 Å². The third-order valence-electron chi connectivity index (χ3n) is 4.67. The molecule has 4 rings (SSSR count). The quantitative estimate of drug-likeness (QED) is 0.292. The summed E-state index contributed by atoms with van der Waals surface area (Å²) in [5.41, 5.74) is 0.00557. The molecule has 2 atom stereocenters. The number of aliphatic carboxylic acids is 1.